The lowest BCUT2D eigenvalue weighted by Gasteiger charge is -2.20. The lowest BCUT2D eigenvalue weighted by Crippen LogP contribution is -2.38. The van der Waals surface area contributed by atoms with Gasteiger partial charge in [-0.25, -0.2) is 4.79 Å². The van der Waals surface area contributed by atoms with Crippen LogP contribution < -0.4 is 10.6 Å². The van der Waals surface area contributed by atoms with Crippen molar-refractivity contribution in [1.29, 1.82) is 0 Å². The van der Waals surface area contributed by atoms with Crippen LogP contribution in [0.4, 0.5) is 10.5 Å². The zero-order chi connectivity index (χ0) is 16.3. The van der Waals surface area contributed by atoms with E-state index >= 15 is 0 Å². The average Bonchev–Trinajstić information content (AvgIpc) is 2.52. The molecular formula is C19H29BrN2O. The summed E-state index contributed by atoms with van der Waals surface area (Å²) in [5, 5.41) is 6.12. The van der Waals surface area contributed by atoms with E-state index in [0.29, 0.717) is 6.04 Å². The molecule has 1 aromatic carbocycles. The molecule has 1 aliphatic carbocycles. The number of hydrogen-bond acceptors (Lipinski definition) is 1. The van der Waals surface area contributed by atoms with E-state index in [4.69, 9.17) is 0 Å². The van der Waals surface area contributed by atoms with Crippen LogP contribution in [0.3, 0.4) is 0 Å². The fourth-order valence-corrected chi connectivity index (χ4v) is 3.60. The molecule has 0 spiro atoms. The maximum Gasteiger partial charge on any atom is 0.319 e. The van der Waals surface area contributed by atoms with Crippen molar-refractivity contribution in [2.24, 2.45) is 0 Å². The van der Waals surface area contributed by atoms with Gasteiger partial charge in [0.25, 0.3) is 0 Å². The van der Waals surface area contributed by atoms with Crippen LogP contribution in [-0.4, -0.2) is 12.1 Å². The summed E-state index contributed by atoms with van der Waals surface area (Å²) in [7, 11) is 0. The number of urea groups is 1. The van der Waals surface area contributed by atoms with E-state index in [1.807, 2.05) is 24.3 Å². The van der Waals surface area contributed by atoms with Gasteiger partial charge < -0.3 is 10.6 Å². The summed E-state index contributed by atoms with van der Waals surface area (Å²) in [6.45, 7) is 0. The second-order valence-corrected chi connectivity index (χ2v) is 7.39. The summed E-state index contributed by atoms with van der Waals surface area (Å²) in [6, 6.07) is 7.93. The molecule has 0 aromatic heterocycles. The van der Waals surface area contributed by atoms with E-state index in [0.717, 1.165) is 23.0 Å². The minimum Gasteiger partial charge on any atom is -0.335 e. The molecule has 0 heterocycles. The quantitative estimate of drug-likeness (QED) is 0.625. The largest absolute Gasteiger partial charge is 0.335 e. The van der Waals surface area contributed by atoms with E-state index < -0.39 is 0 Å². The van der Waals surface area contributed by atoms with Crippen LogP contribution in [0, 0.1) is 0 Å². The highest BCUT2D eigenvalue weighted by atomic mass is 79.9. The molecule has 0 atom stereocenters. The molecule has 2 amide bonds. The Hall–Kier alpha value is -1.03. The van der Waals surface area contributed by atoms with Crippen molar-refractivity contribution >= 4 is 27.6 Å². The molecule has 2 rings (SSSR count). The van der Waals surface area contributed by atoms with Gasteiger partial charge in [-0.05, 0) is 40.9 Å². The molecule has 0 radical (unpaired) electrons. The third-order valence-corrected chi connectivity index (χ3v) is 5.25. The van der Waals surface area contributed by atoms with Gasteiger partial charge in [-0.15, -0.1) is 0 Å². The monoisotopic (exact) mass is 380 g/mol. The smallest absolute Gasteiger partial charge is 0.319 e. The molecule has 1 aliphatic rings. The van der Waals surface area contributed by atoms with Crippen molar-refractivity contribution in [3.8, 4) is 0 Å². The molecule has 1 fully saturated rings. The zero-order valence-corrected chi connectivity index (χ0v) is 15.5. The Labute approximate surface area is 148 Å². The minimum atomic E-state index is -0.0889. The van der Waals surface area contributed by atoms with Gasteiger partial charge in [0.05, 0.1) is 5.69 Å². The Morgan fingerprint density at radius 1 is 0.870 bits per heavy atom. The van der Waals surface area contributed by atoms with E-state index in [-0.39, 0.29) is 6.03 Å². The first kappa shape index (κ1) is 18.3. The Morgan fingerprint density at radius 2 is 1.39 bits per heavy atom. The Bertz CT molecular complexity index is 466. The second-order valence-electron chi connectivity index (χ2n) is 6.53. The van der Waals surface area contributed by atoms with Crippen LogP contribution >= 0.6 is 15.9 Å². The van der Waals surface area contributed by atoms with Crippen LogP contribution in [0.15, 0.2) is 28.7 Å². The first-order valence-electron chi connectivity index (χ1n) is 9.08. The highest BCUT2D eigenvalue weighted by molar-refractivity contribution is 9.10. The highest BCUT2D eigenvalue weighted by Gasteiger charge is 2.13. The number of nitrogens with one attached hydrogen (secondary N) is 2. The molecule has 1 aromatic rings. The minimum absolute atomic E-state index is 0.0889. The maximum absolute atomic E-state index is 12.3. The van der Waals surface area contributed by atoms with Gasteiger partial charge in [-0.3, -0.25) is 0 Å². The number of halogens is 1. The number of hydrogen-bond donors (Lipinski definition) is 2. The van der Waals surface area contributed by atoms with Crippen molar-refractivity contribution < 1.29 is 4.79 Å². The average molecular weight is 381 g/mol. The molecule has 1 saturated carbocycles. The SMILES string of the molecule is O=C(Nc1ccccc1Br)NC1CCCCCCCCCCC1. The van der Waals surface area contributed by atoms with Crippen LogP contribution in [0.5, 0.6) is 0 Å². The first-order valence-corrected chi connectivity index (χ1v) is 9.87. The van der Waals surface area contributed by atoms with Crippen LogP contribution in [0.2, 0.25) is 0 Å². The normalized spacial score (nSPS) is 18.5. The molecule has 0 bridgehead atoms. The maximum atomic E-state index is 12.3. The van der Waals surface area contributed by atoms with Crippen molar-refractivity contribution in [2.45, 2.75) is 76.7 Å². The Morgan fingerprint density at radius 3 is 1.96 bits per heavy atom. The standard InChI is InChI=1S/C19H29BrN2O/c20-17-14-10-11-15-18(17)22-19(23)21-16-12-8-6-4-2-1-3-5-7-9-13-16/h10-11,14-16H,1-9,12-13H2,(H2,21,22,23). The third-order valence-electron chi connectivity index (χ3n) is 4.56. The van der Waals surface area contributed by atoms with Gasteiger partial charge in [0.15, 0.2) is 0 Å². The van der Waals surface area contributed by atoms with Crippen LogP contribution in [0.25, 0.3) is 0 Å². The molecule has 4 heteroatoms. The lowest BCUT2D eigenvalue weighted by atomic mass is 9.98. The topological polar surface area (TPSA) is 41.1 Å². The van der Waals surface area contributed by atoms with E-state index in [2.05, 4.69) is 26.6 Å². The number of rotatable bonds is 2. The van der Waals surface area contributed by atoms with Crippen molar-refractivity contribution in [3.05, 3.63) is 28.7 Å². The summed E-state index contributed by atoms with van der Waals surface area (Å²) in [5.41, 5.74) is 0.818. The van der Waals surface area contributed by atoms with Gasteiger partial charge in [0.2, 0.25) is 0 Å². The van der Waals surface area contributed by atoms with Gasteiger partial charge in [-0.2, -0.15) is 0 Å². The molecule has 0 aliphatic heterocycles. The highest BCUT2D eigenvalue weighted by Crippen LogP contribution is 2.21. The first-order chi connectivity index (χ1) is 11.3. The van der Waals surface area contributed by atoms with E-state index in [9.17, 15) is 4.79 Å². The van der Waals surface area contributed by atoms with Crippen LogP contribution in [0.1, 0.15) is 70.6 Å². The zero-order valence-electron chi connectivity index (χ0n) is 14.0. The summed E-state index contributed by atoms with van der Waals surface area (Å²) in [6.07, 6.45) is 14.1. The Balaban J connectivity index is 1.82. The lowest BCUT2D eigenvalue weighted by molar-refractivity contribution is 0.246. The molecule has 128 valence electrons. The number of amides is 2. The van der Waals surface area contributed by atoms with E-state index in [1.54, 1.807) is 0 Å². The van der Waals surface area contributed by atoms with Gasteiger partial charge in [0.1, 0.15) is 0 Å². The summed E-state index contributed by atoms with van der Waals surface area (Å²) < 4.78 is 0.911. The van der Waals surface area contributed by atoms with Gasteiger partial charge in [0, 0.05) is 10.5 Å². The number of benzene rings is 1. The summed E-state index contributed by atoms with van der Waals surface area (Å²) >= 11 is 3.47. The fourth-order valence-electron chi connectivity index (χ4n) is 3.21. The number of para-hydroxylation sites is 1. The molecule has 0 saturated heterocycles. The van der Waals surface area contributed by atoms with Crippen molar-refractivity contribution in [1.82, 2.24) is 5.32 Å². The molecule has 0 unspecified atom stereocenters. The number of carbonyl (C=O) groups excluding carboxylic acids is 1. The summed E-state index contributed by atoms with van der Waals surface area (Å²) in [5.74, 6) is 0. The number of anilines is 1. The predicted molar refractivity (Wildman–Crippen MR) is 101 cm³/mol. The molecular weight excluding hydrogens is 352 g/mol. The predicted octanol–water partition coefficient (Wildman–Crippen LogP) is 6.24. The third kappa shape index (κ3) is 7.38. The molecule has 23 heavy (non-hydrogen) atoms. The second kappa shape index (κ2) is 10.7. The van der Waals surface area contributed by atoms with Crippen LogP contribution in [-0.2, 0) is 0 Å². The van der Waals surface area contributed by atoms with Crippen molar-refractivity contribution in [2.75, 3.05) is 5.32 Å². The summed E-state index contributed by atoms with van der Waals surface area (Å²) in [4.78, 5) is 12.3. The fraction of sp³-hybridized carbons (Fsp3) is 0.632. The number of carbonyl (C=O) groups is 1. The van der Waals surface area contributed by atoms with Gasteiger partial charge in [-0.1, -0.05) is 69.9 Å². The van der Waals surface area contributed by atoms with Crippen molar-refractivity contribution in [3.63, 3.8) is 0 Å². The molecule has 2 N–H and O–H groups in total. The van der Waals surface area contributed by atoms with E-state index in [1.165, 1.54) is 57.8 Å². The van der Waals surface area contributed by atoms with Gasteiger partial charge >= 0.3 is 6.03 Å². The molecule has 3 nitrogen and oxygen atoms in total. The Kier molecular flexibility index (Phi) is 8.51.